The molecule has 0 radical (unpaired) electrons. The van der Waals surface area contributed by atoms with Crippen LogP contribution in [0.4, 0.5) is 0 Å². The Kier molecular flexibility index (Phi) is 4.42. The first kappa shape index (κ1) is 15.9. The Morgan fingerprint density at radius 2 is 1.88 bits per heavy atom. The second-order valence-electron chi connectivity index (χ2n) is 5.76. The zero-order valence-electron chi connectivity index (χ0n) is 13.6. The number of nitrogens with one attached hydrogen (secondary N) is 1. The number of fused-ring (bicyclic) bond motifs is 1. The summed E-state index contributed by atoms with van der Waals surface area (Å²) in [5.41, 5.74) is 2.37. The van der Waals surface area contributed by atoms with Crippen LogP contribution in [0.5, 0.6) is 0 Å². The van der Waals surface area contributed by atoms with Crippen LogP contribution in [0.2, 0.25) is 0 Å². The van der Waals surface area contributed by atoms with E-state index >= 15 is 0 Å². The topological polar surface area (TPSA) is 72.0 Å². The summed E-state index contributed by atoms with van der Waals surface area (Å²) in [7, 11) is 0. The molecule has 0 saturated heterocycles. The normalized spacial score (nSPS) is 12.1. The maximum absolute atomic E-state index is 12.1. The first-order valence-electron chi connectivity index (χ1n) is 7.77. The van der Waals surface area contributed by atoms with E-state index in [1.165, 1.54) is 0 Å². The van der Waals surface area contributed by atoms with Crippen molar-refractivity contribution in [3.05, 3.63) is 75.8 Å². The van der Waals surface area contributed by atoms with E-state index in [1.54, 1.807) is 25.1 Å². The van der Waals surface area contributed by atoms with Crippen molar-refractivity contribution in [2.24, 2.45) is 0 Å². The van der Waals surface area contributed by atoms with Crippen molar-refractivity contribution in [2.75, 3.05) is 0 Å². The van der Waals surface area contributed by atoms with E-state index in [9.17, 15) is 9.59 Å². The standard InChI is InChI=1S/C19H18N2O3/c1-12-7-9-14(10-8-12)11-17(22)24-13(2)18-20-16-6-4-3-5-15(16)19(23)21-18/h3-10,13H,11H2,1-2H3,(H,20,21,23)/t13-/m0/s1. The number of aromatic nitrogens is 2. The molecule has 0 aliphatic carbocycles. The average Bonchev–Trinajstić information content (AvgIpc) is 2.57. The Balaban J connectivity index is 1.74. The fourth-order valence-corrected chi connectivity index (χ4v) is 2.46. The van der Waals surface area contributed by atoms with Gasteiger partial charge in [0.05, 0.1) is 17.3 Å². The summed E-state index contributed by atoms with van der Waals surface area (Å²) in [6.07, 6.45) is -0.442. The molecule has 5 heteroatoms. The van der Waals surface area contributed by atoms with E-state index < -0.39 is 6.10 Å². The molecule has 0 aliphatic heterocycles. The highest BCUT2D eigenvalue weighted by Gasteiger charge is 2.15. The third kappa shape index (κ3) is 3.51. The molecule has 0 fully saturated rings. The fourth-order valence-electron chi connectivity index (χ4n) is 2.46. The molecule has 0 bridgehead atoms. The number of carbonyl (C=O) groups is 1. The summed E-state index contributed by atoms with van der Waals surface area (Å²) < 4.78 is 5.40. The van der Waals surface area contributed by atoms with E-state index in [0.717, 1.165) is 11.1 Å². The van der Waals surface area contributed by atoms with Gasteiger partial charge in [-0.2, -0.15) is 0 Å². The van der Waals surface area contributed by atoms with E-state index in [4.69, 9.17) is 4.74 Å². The first-order valence-corrected chi connectivity index (χ1v) is 7.77. The van der Waals surface area contributed by atoms with Gasteiger partial charge in [-0.05, 0) is 31.5 Å². The highest BCUT2D eigenvalue weighted by atomic mass is 16.5. The number of esters is 1. The fraction of sp³-hybridized carbons (Fsp3) is 0.211. The summed E-state index contributed by atoms with van der Waals surface area (Å²) in [4.78, 5) is 31.2. The van der Waals surface area contributed by atoms with Crippen LogP contribution < -0.4 is 5.56 Å². The van der Waals surface area contributed by atoms with Crippen LogP contribution in [-0.2, 0) is 16.0 Å². The molecule has 1 N–H and O–H groups in total. The number of benzene rings is 2. The van der Waals surface area contributed by atoms with Gasteiger partial charge in [-0.3, -0.25) is 9.59 Å². The number of hydrogen-bond acceptors (Lipinski definition) is 4. The highest BCUT2D eigenvalue weighted by molar-refractivity contribution is 5.77. The molecule has 5 nitrogen and oxygen atoms in total. The van der Waals surface area contributed by atoms with Crippen LogP contribution in [0.1, 0.15) is 30.0 Å². The largest absolute Gasteiger partial charge is 0.454 e. The van der Waals surface area contributed by atoms with Crippen LogP contribution in [0.15, 0.2) is 53.3 Å². The number of rotatable bonds is 4. The van der Waals surface area contributed by atoms with Crippen LogP contribution in [0, 0.1) is 6.92 Å². The molecule has 24 heavy (non-hydrogen) atoms. The zero-order chi connectivity index (χ0) is 17.1. The second kappa shape index (κ2) is 6.66. The maximum Gasteiger partial charge on any atom is 0.310 e. The van der Waals surface area contributed by atoms with Gasteiger partial charge in [-0.25, -0.2) is 4.98 Å². The third-order valence-corrected chi connectivity index (χ3v) is 3.79. The summed E-state index contributed by atoms with van der Waals surface area (Å²) in [5.74, 6) is -0.0156. The van der Waals surface area contributed by atoms with Gasteiger partial charge in [0.2, 0.25) is 0 Å². The number of carbonyl (C=O) groups excluding carboxylic acids is 1. The van der Waals surface area contributed by atoms with Crippen molar-refractivity contribution in [1.82, 2.24) is 9.97 Å². The molecule has 3 rings (SSSR count). The SMILES string of the molecule is Cc1ccc(CC(=O)O[C@@H](C)c2nc3ccccc3c(=O)[nH]2)cc1. The number of hydrogen-bond donors (Lipinski definition) is 1. The summed E-state index contributed by atoms with van der Waals surface area (Å²) in [6, 6.07) is 14.8. The van der Waals surface area contributed by atoms with Gasteiger partial charge in [0.1, 0.15) is 0 Å². The number of aryl methyl sites for hydroxylation is 1. The molecule has 2 aromatic carbocycles. The van der Waals surface area contributed by atoms with Gasteiger partial charge >= 0.3 is 5.97 Å². The van der Waals surface area contributed by atoms with Crippen molar-refractivity contribution in [3.8, 4) is 0 Å². The van der Waals surface area contributed by atoms with E-state index in [1.807, 2.05) is 37.3 Å². The minimum Gasteiger partial charge on any atom is -0.454 e. The van der Waals surface area contributed by atoms with Crippen LogP contribution in [0.3, 0.4) is 0 Å². The Morgan fingerprint density at radius 3 is 2.62 bits per heavy atom. The molecule has 1 heterocycles. The van der Waals surface area contributed by atoms with Gasteiger partial charge in [-0.15, -0.1) is 0 Å². The predicted molar refractivity (Wildman–Crippen MR) is 91.8 cm³/mol. The number of aromatic amines is 1. The van der Waals surface area contributed by atoms with Crippen molar-refractivity contribution in [3.63, 3.8) is 0 Å². The Labute approximate surface area is 139 Å². The Morgan fingerprint density at radius 1 is 1.17 bits per heavy atom. The molecule has 0 saturated carbocycles. The smallest absolute Gasteiger partial charge is 0.310 e. The molecule has 122 valence electrons. The molecule has 3 aromatic rings. The lowest BCUT2D eigenvalue weighted by Crippen LogP contribution is -2.18. The van der Waals surface area contributed by atoms with Crippen molar-refractivity contribution >= 4 is 16.9 Å². The number of H-pyrrole nitrogens is 1. The van der Waals surface area contributed by atoms with Gasteiger partial charge < -0.3 is 9.72 Å². The van der Waals surface area contributed by atoms with E-state index in [-0.39, 0.29) is 17.9 Å². The van der Waals surface area contributed by atoms with E-state index in [0.29, 0.717) is 16.7 Å². The predicted octanol–water partition coefficient (Wildman–Crippen LogP) is 3.08. The van der Waals surface area contributed by atoms with Crippen LogP contribution >= 0.6 is 0 Å². The molecule has 1 atom stereocenters. The number of para-hydroxylation sites is 1. The van der Waals surface area contributed by atoms with E-state index in [2.05, 4.69) is 9.97 Å². The molecule has 0 spiro atoms. The second-order valence-corrected chi connectivity index (χ2v) is 5.76. The zero-order valence-corrected chi connectivity index (χ0v) is 13.6. The third-order valence-electron chi connectivity index (χ3n) is 3.79. The number of ether oxygens (including phenoxy) is 1. The number of nitrogens with zero attached hydrogens (tertiary/aromatic N) is 1. The quantitative estimate of drug-likeness (QED) is 0.749. The first-order chi connectivity index (χ1) is 11.5. The molecule has 0 unspecified atom stereocenters. The average molecular weight is 322 g/mol. The van der Waals surface area contributed by atoms with Gasteiger partial charge in [-0.1, -0.05) is 42.0 Å². The minimum atomic E-state index is -0.625. The summed E-state index contributed by atoms with van der Waals surface area (Å²) in [6.45, 7) is 3.69. The van der Waals surface area contributed by atoms with Crippen molar-refractivity contribution < 1.29 is 9.53 Å². The summed E-state index contributed by atoms with van der Waals surface area (Å²) >= 11 is 0. The Hall–Kier alpha value is -2.95. The van der Waals surface area contributed by atoms with Gasteiger partial charge in [0.15, 0.2) is 11.9 Å². The monoisotopic (exact) mass is 322 g/mol. The molecule has 1 aromatic heterocycles. The lowest BCUT2D eigenvalue weighted by molar-refractivity contribution is -0.148. The van der Waals surface area contributed by atoms with Crippen molar-refractivity contribution in [2.45, 2.75) is 26.4 Å². The molecule has 0 aliphatic rings. The van der Waals surface area contributed by atoms with Crippen molar-refractivity contribution in [1.29, 1.82) is 0 Å². The van der Waals surface area contributed by atoms with Gasteiger partial charge in [0, 0.05) is 0 Å². The Bertz CT molecular complexity index is 929. The minimum absolute atomic E-state index is 0.183. The van der Waals surface area contributed by atoms with Gasteiger partial charge in [0.25, 0.3) is 5.56 Å². The van der Waals surface area contributed by atoms with Crippen LogP contribution in [-0.4, -0.2) is 15.9 Å². The molecule has 0 amide bonds. The molecular weight excluding hydrogens is 304 g/mol. The van der Waals surface area contributed by atoms with Crippen LogP contribution in [0.25, 0.3) is 10.9 Å². The molecular formula is C19H18N2O3. The lowest BCUT2D eigenvalue weighted by atomic mass is 10.1. The summed E-state index contributed by atoms with van der Waals surface area (Å²) in [5, 5.41) is 0.513. The highest BCUT2D eigenvalue weighted by Crippen LogP contribution is 2.15. The maximum atomic E-state index is 12.1. The lowest BCUT2D eigenvalue weighted by Gasteiger charge is -2.13.